The van der Waals surface area contributed by atoms with E-state index in [0.29, 0.717) is 0 Å². The highest BCUT2D eigenvalue weighted by Crippen LogP contribution is 2.35. The summed E-state index contributed by atoms with van der Waals surface area (Å²) in [6.07, 6.45) is 7.78. The van der Waals surface area contributed by atoms with Crippen LogP contribution in [0.1, 0.15) is 34.6 Å². The van der Waals surface area contributed by atoms with Crippen LogP contribution in [0.5, 0.6) is 0 Å². The van der Waals surface area contributed by atoms with Gasteiger partial charge < -0.3 is 13.2 Å². The summed E-state index contributed by atoms with van der Waals surface area (Å²) in [7, 11) is 0. The highest BCUT2D eigenvalue weighted by molar-refractivity contribution is 5.97. The van der Waals surface area contributed by atoms with Crippen LogP contribution in [0.2, 0.25) is 0 Å². The van der Waals surface area contributed by atoms with Crippen LogP contribution >= 0.6 is 0 Å². The van der Waals surface area contributed by atoms with E-state index in [2.05, 4.69) is 105 Å². The number of para-hydroxylation sites is 1. The molecule has 0 aliphatic heterocycles. The van der Waals surface area contributed by atoms with E-state index in [-0.39, 0.29) is 0 Å². The van der Waals surface area contributed by atoms with Gasteiger partial charge in [-0.1, -0.05) is 48.6 Å². The molecule has 0 spiro atoms. The van der Waals surface area contributed by atoms with E-state index in [1.165, 1.54) is 77.1 Å². The van der Waals surface area contributed by atoms with E-state index >= 15 is 0 Å². The van der Waals surface area contributed by atoms with Crippen molar-refractivity contribution in [3.63, 3.8) is 0 Å². The van der Waals surface area contributed by atoms with Crippen molar-refractivity contribution in [2.75, 3.05) is 0 Å². The lowest BCUT2D eigenvalue weighted by Gasteiger charge is -2.08. The first kappa shape index (κ1) is 18.1. The van der Waals surface area contributed by atoms with Gasteiger partial charge in [-0.2, -0.15) is 0 Å². The Hall–Kier alpha value is -4.24. The minimum absolute atomic E-state index is 0.962. The summed E-state index contributed by atoms with van der Waals surface area (Å²) in [4.78, 5) is 0. The van der Waals surface area contributed by atoms with Gasteiger partial charge >= 0.3 is 0 Å². The van der Waals surface area contributed by atoms with Crippen molar-refractivity contribution in [2.24, 2.45) is 0 Å². The van der Waals surface area contributed by atoms with Crippen LogP contribution in [0.25, 0.3) is 50.5 Å². The van der Waals surface area contributed by atoms with Gasteiger partial charge in [0.05, 0.1) is 22.1 Å². The van der Waals surface area contributed by atoms with Gasteiger partial charge in [0.25, 0.3) is 0 Å². The molecular formula is C32H23N3. The highest BCUT2D eigenvalue weighted by Gasteiger charge is 2.23. The molecule has 6 bridgehead atoms. The molecule has 0 saturated carbocycles. The average Bonchev–Trinajstić information content (AvgIpc) is 3.64. The fourth-order valence-electron chi connectivity index (χ4n) is 6.99. The number of rotatable bonds is 0. The van der Waals surface area contributed by atoms with E-state index in [1.807, 2.05) is 0 Å². The van der Waals surface area contributed by atoms with Crippen LogP contribution in [0, 0.1) is 6.92 Å². The standard InChI is InChI=1S/C32H23N3/c1-19-6-4-7-20-12-13-21-16-30(20)33(19)22-14-26-25-9-5-11-29(25)35(32(26)17-22)23-15-27-24-8-2-3-10-28(24)34(21)31(27)18-23/h2-4,6-13,16-18H,5,14-15H2,1H3. The quantitative estimate of drug-likeness (QED) is 0.289. The molecule has 166 valence electrons. The maximum Gasteiger partial charge on any atom is 0.0548 e. The molecule has 35 heavy (non-hydrogen) atoms. The first-order valence-electron chi connectivity index (χ1n) is 12.5. The smallest absolute Gasteiger partial charge is 0.0548 e. The Morgan fingerprint density at radius 1 is 0.629 bits per heavy atom. The van der Waals surface area contributed by atoms with Crippen molar-refractivity contribution in [1.29, 1.82) is 0 Å². The maximum atomic E-state index is 2.56. The Bertz CT molecular complexity index is 2200. The normalized spacial score (nSPS) is 14.5. The Balaban J connectivity index is 1.67. The molecule has 0 fully saturated rings. The third-order valence-corrected chi connectivity index (χ3v) is 8.42. The number of nitrogens with zero attached hydrogens (tertiary/aromatic N) is 3. The Kier molecular flexibility index (Phi) is 3.14. The number of fused-ring (bicyclic) bond motifs is 12. The summed E-state index contributed by atoms with van der Waals surface area (Å²) in [5.74, 6) is 0. The average molecular weight is 450 g/mol. The van der Waals surface area contributed by atoms with E-state index in [1.54, 1.807) is 0 Å². The first-order chi connectivity index (χ1) is 17.3. The van der Waals surface area contributed by atoms with E-state index < -0.39 is 0 Å². The monoisotopic (exact) mass is 449 g/mol. The van der Waals surface area contributed by atoms with Crippen molar-refractivity contribution in [1.82, 2.24) is 13.2 Å². The molecule has 3 aliphatic carbocycles. The summed E-state index contributed by atoms with van der Waals surface area (Å²) in [5.41, 5.74) is 13.4. The Labute approximate surface area is 201 Å². The van der Waals surface area contributed by atoms with Gasteiger partial charge in [0.15, 0.2) is 0 Å². The molecule has 0 unspecified atom stereocenters. The zero-order valence-electron chi connectivity index (χ0n) is 19.5. The topological polar surface area (TPSA) is 13.2 Å². The molecule has 2 aromatic carbocycles. The second-order valence-corrected chi connectivity index (χ2v) is 10.2. The van der Waals surface area contributed by atoms with Gasteiger partial charge in [-0.25, -0.2) is 0 Å². The zero-order chi connectivity index (χ0) is 22.8. The fourth-order valence-corrected chi connectivity index (χ4v) is 6.99. The minimum Gasteiger partial charge on any atom is -0.317 e. The Morgan fingerprint density at radius 3 is 2.40 bits per heavy atom. The van der Waals surface area contributed by atoms with Crippen molar-refractivity contribution < 1.29 is 0 Å². The van der Waals surface area contributed by atoms with Crippen LogP contribution in [0.3, 0.4) is 0 Å². The lowest BCUT2D eigenvalue weighted by Crippen LogP contribution is -2.25. The lowest BCUT2D eigenvalue weighted by molar-refractivity contribution is 0.988. The molecule has 0 amide bonds. The van der Waals surface area contributed by atoms with Crippen LogP contribution in [0.4, 0.5) is 0 Å². The molecule has 3 aliphatic rings. The molecule has 0 atom stereocenters. The number of aryl methyl sites for hydroxylation is 1. The second-order valence-electron chi connectivity index (χ2n) is 10.2. The summed E-state index contributed by atoms with van der Waals surface area (Å²) < 4.78 is 7.53. The molecule has 3 heteroatoms. The molecule has 4 heterocycles. The summed E-state index contributed by atoms with van der Waals surface area (Å²) >= 11 is 0. The fraction of sp³-hybridized carbons (Fsp3) is 0.125. The van der Waals surface area contributed by atoms with E-state index in [4.69, 9.17) is 0 Å². The summed E-state index contributed by atoms with van der Waals surface area (Å²) in [6, 6.07) is 27.4. The molecule has 3 nitrogen and oxygen atoms in total. The van der Waals surface area contributed by atoms with Gasteiger partial charge in [0.1, 0.15) is 0 Å². The van der Waals surface area contributed by atoms with Crippen molar-refractivity contribution in [3.05, 3.63) is 112 Å². The SMILES string of the molecule is Cc1cccc2ccc3cc2n1c1cc2c(c4c(n2c2cc5c(c6ccccc6n35)C2)=CCC=4)C1. The van der Waals surface area contributed by atoms with Crippen molar-refractivity contribution in [3.8, 4) is 0 Å². The minimum atomic E-state index is 0.962. The lowest BCUT2D eigenvalue weighted by atomic mass is 10.1. The Morgan fingerprint density at radius 2 is 1.46 bits per heavy atom. The van der Waals surface area contributed by atoms with Gasteiger partial charge in [-0.3, -0.25) is 0 Å². The van der Waals surface area contributed by atoms with Gasteiger partial charge in [0.2, 0.25) is 0 Å². The van der Waals surface area contributed by atoms with Crippen LogP contribution in [0.15, 0.2) is 72.8 Å². The van der Waals surface area contributed by atoms with Crippen LogP contribution in [-0.4, -0.2) is 13.2 Å². The predicted octanol–water partition coefficient (Wildman–Crippen LogP) is 5.52. The zero-order valence-corrected chi connectivity index (χ0v) is 19.5. The molecule has 4 aromatic heterocycles. The first-order valence-corrected chi connectivity index (χ1v) is 12.5. The van der Waals surface area contributed by atoms with Crippen molar-refractivity contribution >= 4 is 50.5 Å². The molecular weight excluding hydrogens is 426 g/mol. The van der Waals surface area contributed by atoms with E-state index in [0.717, 1.165) is 19.3 Å². The number of benzene rings is 2. The molecule has 0 saturated heterocycles. The van der Waals surface area contributed by atoms with Crippen molar-refractivity contribution in [2.45, 2.75) is 26.2 Å². The largest absolute Gasteiger partial charge is 0.317 e. The maximum absolute atomic E-state index is 2.56. The molecule has 0 N–H and O–H groups in total. The van der Waals surface area contributed by atoms with Crippen LogP contribution < -0.4 is 10.6 Å². The highest BCUT2D eigenvalue weighted by atomic mass is 15.0. The van der Waals surface area contributed by atoms with Gasteiger partial charge in [-0.05, 0) is 66.3 Å². The number of aromatic nitrogens is 3. The third-order valence-electron chi connectivity index (χ3n) is 8.42. The summed E-state index contributed by atoms with van der Waals surface area (Å²) in [6.45, 7) is 2.23. The third kappa shape index (κ3) is 2.13. The van der Waals surface area contributed by atoms with Gasteiger partial charge in [-0.15, -0.1) is 0 Å². The molecule has 9 rings (SSSR count). The predicted molar refractivity (Wildman–Crippen MR) is 144 cm³/mol. The van der Waals surface area contributed by atoms with E-state index in [9.17, 15) is 0 Å². The van der Waals surface area contributed by atoms with Crippen LogP contribution in [-0.2, 0) is 12.8 Å². The summed E-state index contributed by atoms with van der Waals surface area (Å²) in [5, 5.41) is 5.45. The number of hydrogen-bond donors (Lipinski definition) is 0. The number of hydrogen-bond acceptors (Lipinski definition) is 0. The second kappa shape index (κ2) is 6.05. The van der Waals surface area contributed by atoms with Gasteiger partial charge in [0, 0.05) is 51.4 Å². The molecule has 0 radical (unpaired) electrons. The molecule has 6 aromatic rings.